The number of rotatable bonds is 8. The van der Waals surface area contributed by atoms with Gasteiger partial charge in [-0.3, -0.25) is 19.4 Å². The number of ether oxygens (including phenoxy) is 1. The van der Waals surface area contributed by atoms with Gasteiger partial charge in [0.05, 0.1) is 12.2 Å². The number of hydrogen-bond acceptors (Lipinski definition) is 7. The predicted molar refractivity (Wildman–Crippen MR) is 110 cm³/mol. The molecule has 2 atom stereocenters. The third kappa shape index (κ3) is 5.33. The summed E-state index contributed by atoms with van der Waals surface area (Å²) in [7, 11) is 0. The summed E-state index contributed by atoms with van der Waals surface area (Å²) in [5.41, 5.74) is -0.198. The van der Waals surface area contributed by atoms with Gasteiger partial charge in [0.2, 0.25) is 5.91 Å². The summed E-state index contributed by atoms with van der Waals surface area (Å²) in [6, 6.07) is 0.986. The summed E-state index contributed by atoms with van der Waals surface area (Å²) < 4.78 is 19.8. The van der Waals surface area contributed by atoms with Gasteiger partial charge in [0.15, 0.2) is 23.3 Å². The van der Waals surface area contributed by atoms with Gasteiger partial charge in [-0.25, -0.2) is 9.37 Å². The maximum Gasteiger partial charge on any atom is 0.322 e. The number of esters is 1. The van der Waals surface area contributed by atoms with Crippen molar-refractivity contribution in [1.82, 2.24) is 10.3 Å². The molecule has 10 heteroatoms. The maximum atomic E-state index is 14.8. The molecule has 2 fully saturated rings. The minimum Gasteiger partial charge on any atom is -0.465 e. The highest BCUT2D eigenvalue weighted by atomic mass is 35.5. The number of pyridine rings is 1. The SMILES string of the molecule is CCOC(=O)C(C=NC1CC1)C(=O)c1cc(F)c(N2CCC(NC(C)=O)C2)nc1Cl. The van der Waals surface area contributed by atoms with E-state index in [4.69, 9.17) is 16.3 Å². The fourth-order valence-electron chi connectivity index (χ4n) is 3.28. The lowest BCUT2D eigenvalue weighted by molar-refractivity contribution is -0.144. The van der Waals surface area contributed by atoms with E-state index in [-0.39, 0.29) is 41.1 Å². The Labute approximate surface area is 178 Å². The fourth-order valence-corrected chi connectivity index (χ4v) is 3.50. The Morgan fingerprint density at radius 1 is 1.43 bits per heavy atom. The highest BCUT2D eigenvalue weighted by Crippen LogP contribution is 2.28. The summed E-state index contributed by atoms with van der Waals surface area (Å²) >= 11 is 6.20. The van der Waals surface area contributed by atoms with Gasteiger partial charge in [-0.05, 0) is 32.3 Å². The summed E-state index contributed by atoms with van der Waals surface area (Å²) in [6.45, 7) is 4.02. The van der Waals surface area contributed by atoms with Crippen molar-refractivity contribution in [2.75, 3.05) is 24.6 Å². The molecule has 0 bridgehead atoms. The molecular weight excluding hydrogens is 415 g/mol. The first kappa shape index (κ1) is 22.1. The molecule has 0 aromatic carbocycles. The number of ketones is 1. The van der Waals surface area contributed by atoms with Crippen molar-refractivity contribution in [2.24, 2.45) is 10.9 Å². The molecule has 1 saturated heterocycles. The Bertz CT molecular complexity index is 875. The van der Waals surface area contributed by atoms with Gasteiger partial charge in [-0.1, -0.05) is 11.6 Å². The number of carbonyl (C=O) groups excluding carboxylic acids is 3. The quantitative estimate of drug-likeness (QED) is 0.219. The highest BCUT2D eigenvalue weighted by molar-refractivity contribution is 6.34. The fraction of sp³-hybridized carbons (Fsp3) is 0.550. The molecule has 1 aromatic heterocycles. The molecule has 1 aliphatic carbocycles. The molecule has 8 nitrogen and oxygen atoms in total. The van der Waals surface area contributed by atoms with Crippen LogP contribution in [0.4, 0.5) is 10.2 Å². The predicted octanol–water partition coefficient (Wildman–Crippen LogP) is 2.18. The number of halogens is 2. The van der Waals surface area contributed by atoms with E-state index in [9.17, 15) is 18.8 Å². The minimum atomic E-state index is -1.30. The zero-order chi connectivity index (χ0) is 21.8. The lowest BCUT2D eigenvalue weighted by atomic mass is 9.99. The molecule has 30 heavy (non-hydrogen) atoms. The molecular formula is C20H24ClFN4O4. The second-order valence-electron chi connectivity index (χ2n) is 7.39. The lowest BCUT2D eigenvalue weighted by Crippen LogP contribution is -2.36. The molecule has 1 N–H and O–H groups in total. The second-order valence-corrected chi connectivity index (χ2v) is 7.75. The Morgan fingerprint density at radius 2 is 2.17 bits per heavy atom. The van der Waals surface area contributed by atoms with E-state index in [1.165, 1.54) is 13.1 Å². The first-order chi connectivity index (χ1) is 14.3. The Morgan fingerprint density at radius 3 is 2.80 bits per heavy atom. The number of nitrogens with zero attached hydrogens (tertiary/aromatic N) is 3. The van der Waals surface area contributed by atoms with Crippen LogP contribution in [0, 0.1) is 11.7 Å². The third-order valence-corrected chi connectivity index (χ3v) is 5.18. The van der Waals surface area contributed by atoms with Gasteiger partial charge in [0.1, 0.15) is 5.15 Å². The number of amides is 1. The van der Waals surface area contributed by atoms with Crippen LogP contribution in [-0.2, 0) is 14.3 Å². The van der Waals surface area contributed by atoms with E-state index in [0.29, 0.717) is 19.5 Å². The molecule has 0 spiro atoms. The summed E-state index contributed by atoms with van der Waals surface area (Å²) in [5, 5.41) is 2.59. The summed E-state index contributed by atoms with van der Waals surface area (Å²) in [4.78, 5) is 46.3. The maximum absolute atomic E-state index is 14.8. The van der Waals surface area contributed by atoms with Crippen LogP contribution in [-0.4, -0.2) is 60.6 Å². The van der Waals surface area contributed by atoms with Crippen molar-refractivity contribution in [3.8, 4) is 0 Å². The Balaban J connectivity index is 1.81. The van der Waals surface area contributed by atoms with Gasteiger partial charge in [-0.15, -0.1) is 0 Å². The van der Waals surface area contributed by atoms with Gasteiger partial charge >= 0.3 is 5.97 Å². The largest absolute Gasteiger partial charge is 0.465 e. The van der Waals surface area contributed by atoms with Crippen LogP contribution < -0.4 is 10.2 Å². The van der Waals surface area contributed by atoms with Crippen LogP contribution in [0.5, 0.6) is 0 Å². The van der Waals surface area contributed by atoms with Gasteiger partial charge in [-0.2, -0.15) is 0 Å². The zero-order valence-electron chi connectivity index (χ0n) is 16.9. The average molecular weight is 439 g/mol. The van der Waals surface area contributed by atoms with E-state index >= 15 is 0 Å². The Hall–Kier alpha value is -2.55. The van der Waals surface area contributed by atoms with E-state index < -0.39 is 23.5 Å². The smallest absolute Gasteiger partial charge is 0.322 e. The van der Waals surface area contributed by atoms with Crippen molar-refractivity contribution in [1.29, 1.82) is 0 Å². The van der Waals surface area contributed by atoms with Gasteiger partial charge in [0.25, 0.3) is 0 Å². The topological polar surface area (TPSA) is 101 Å². The van der Waals surface area contributed by atoms with E-state index in [1.807, 2.05) is 0 Å². The normalized spacial score (nSPS) is 19.7. The van der Waals surface area contributed by atoms with Crippen molar-refractivity contribution in [2.45, 2.75) is 45.2 Å². The number of anilines is 1. The number of carbonyl (C=O) groups is 3. The van der Waals surface area contributed by atoms with Gasteiger partial charge in [0, 0.05) is 38.3 Å². The monoisotopic (exact) mass is 438 g/mol. The first-order valence-corrected chi connectivity index (χ1v) is 10.3. The van der Waals surface area contributed by atoms with Crippen molar-refractivity contribution in [3.05, 3.63) is 22.6 Å². The molecule has 1 saturated carbocycles. The van der Waals surface area contributed by atoms with Gasteiger partial charge < -0.3 is 15.0 Å². The molecule has 162 valence electrons. The van der Waals surface area contributed by atoms with Crippen molar-refractivity contribution in [3.63, 3.8) is 0 Å². The molecule has 1 amide bonds. The highest BCUT2D eigenvalue weighted by Gasteiger charge is 2.33. The summed E-state index contributed by atoms with van der Waals surface area (Å²) in [6.07, 6.45) is 3.71. The molecule has 0 radical (unpaired) electrons. The molecule has 1 aromatic rings. The molecule has 2 unspecified atom stereocenters. The molecule has 3 rings (SSSR count). The number of aliphatic imine (C=N–C) groups is 1. The third-order valence-electron chi connectivity index (χ3n) is 4.89. The Kier molecular flexibility index (Phi) is 7.02. The number of Topliss-reactive ketones (excluding diaryl/α,β-unsaturated/α-hetero) is 1. The van der Waals surface area contributed by atoms with Crippen LogP contribution in [0.1, 0.15) is 43.5 Å². The van der Waals surface area contributed by atoms with Crippen LogP contribution in [0.2, 0.25) is 5.15 Å². The molecule has 1 aliphatic heterocycles. The zero-order valence-corrected chi connectivity index (χ0v) is 17.6. The average Bonchev–Trinajstić information content (AvgIpc) is 3.40. The first-order valence-electron chi connectivity index (χ1n) is 9.92. The minimum absolute atomic E-state index is 0.00346. The van der Waals surface area contributed by atoms with Crippen molar-refractivity contribution < 1.29 is 23.5 Å². The molecule has 2 heterocycles. The van der Waals surface area contributed by atoms with E-state index in [0.717, 1.165) is 18.9 Å². The van der Waals surface area contributed by atoms with Crippen LogP contribution in [0.25, 0.3) is 0 Å². The summed E-state index contributed by atoms with van der Waals surface area (Å²) in [5.74, 6) is -3.65. The second kappa shape index (κ2) is 9.51. The number of nitrogens with one attached hydrogen (secondary N) is 1. The molecule has 2 aliphatic rings. The lowest BCUT2D eigenvalue weighted by Gasteiger charge is -2.19. The van der Waals surface area contributed by atoms with Crippen LogP contribution >= 0.6 is 11.6 Å². The van der Waals surface area contributed by atoms with Crippen molar-refractivity contribution >= 4 is 41.3 Å². The van der Waals surface area contributed by atoms with Crippen LogP contribution in [0.3, 0.4) is 0 Å². The van der Waals surface area contributed by atoms with Crippen LogP contribution in [0.15, 0.2) is 11.1 Å². The number of aromatic nitrogens is 1. The number of hydrogen-bond donors (Lipinski definition) is 1. The van der Waals surface area contributed by atoms with E-state index in [2.05, 4.69) is 15.3 Å². The van der Waals surface area contributed by atoms with E-state index in [1.54, 1.807) is 11.8 Å². The standard InChI is InChI=1S/C20H24ClFN4O4/c1-3-30-20(29)15(9-23-12-4-5-12)17(28)14-8-16(22)19(25-18(14)21)26-7-6-13(10-26)24-11(2)27/h8-9,12-13,15H,3-7,10H2,1-2H3,(H,24,27).